The largest absolute Gasteiger partial charge is 0.480 e. The lowest BCUT2D eigenvalue weighted by atomic mass is 10.0. The molecule has 2 aromatic rings. The monoisotopic (exact) mass is 353 g/mol. The number of fused-ring (bicyclic) bond motifs is 1. The van der Waals surface area contributed by atoms with Crippen molar-refractivity contribution in [3.63, 3.8) is 0 Å². The maximum atomic E-state index is 12.4. The number of nitrogens with zero attached hydrogens (tertiary/aromatic N) is 1. The van der Waals surface area contributed by atoms with Gasteiger partial charge < -0.3 is 14.4 Å². The van der Waals surface area contributed by atoms with Crippen molar-refractivity contribution < 1.29 is 19.1 Å². The smallest absolute Gasteiger partial charge is 0.329 e. The van der Waals surface area contributed by atoms with Gasteiger partial charge in [0, 0.05) is 16.9 Å². The van der Waals surface area contributed by atoms with Crippen LogP contribution in [0.5, 0.6) is 0 Å². The molecule has 112 valence electrons. The molecule has 0 saturated carbocycles. The van der Waals surface area contributed by atoms with E-state index in [9.17, 15) is 14.7 Å². The molecular formula is C15H16BrNO4. The van der Waals surface area contributed by atoms with Gasteiger partial charge in [0.25, 0.3) is 5.91 Å². The second kappa shape index (κ2) is 5.18. The van der Waals surface area contributed by atoms with E-state index in [2.05, 4.69) is 15.9 Å². The van der Waals surface area contributed by atoms with E-state index in [0.29, 0.717) is 5.58 Å². The fourth-order valence-corrected chi connectivity index (χ4v) is 2.54. The lowest BCUT2D eigenvalue weighted by Crippen LogP contribution is -2.50. The van der Waals surface area contributed by atoms with Crippen molar-refractivity contribution in [1.82, 2.24) is 4.90 Å². The van der Waals surface area contributed by atoms with Crippen molar-refractivity contribution in [3.05, 3.63) is 34.0 Å². The Morgan fingerprint density at radius 1 is 1.29 bits per heavy atom. The molecule has 1 heterocycles. The van der Waals surface area contributed by atoms with Crippen LogP contribution in [0.25, 0.3) is 11.0 Å². The van der Waals surface area contributed by atoms with E-state index >= 15 is 0 Å². The van der Waals surface area contributed by atoms with Crippen LogP contribution < -0.4 is 0 Å². The Labute approximate surface area is 130 Å². The van der Waals surface area contributed by atoms with Gasteiger partial charge in [-0.1, -0.05) is 15.9 Å². The van der Waals surface area contributed by atoms with Gasteiger partial charge in [0.05, 0.1) is 0 Å². The summed E-state index contributed by atoms with van der Waals surface area (Å²) in [6.45, 7) is 4.82. The third kappa shape index (κ3) is 2.68. The highest BCUT2D eigenvalue weighted by Crippen LogP contribution is 2.28. The maximum Gasteiger partial charge on any atom is 0.329 e. The lowest BCUT2D eigenvalue weighted by molar-refractivity contribution is -0.147. The molecule has 0 spiro atoms. The van der Waals surface area contributed by atoms with E-state index in [0.717, 1.165) is 20.3 Å². The zero-order valence-electron chi connectivity index (χ0n) is 12.2. The highest BCUT2D eigenvalue weighted by Gasteiger charge is 2.36. The minimum Gasteiger partial charge on any atom is -0.480 e. The predicted octanol–water partition coefficient (Wildman–Crippen LogP) is 3.44. The summed E-state index contributed by atoms with van der Waals surface area (Å²) in [7, 11) is 1.45. The number of furan rings is 1. The number of hydrogen-bond donors (Lipinski definition) is 1. The molecule has 0 unspecified atom stereocenters. The zero-order valence-corrected chi connectivity index (χ0v) is 13.8. The number of aliphatic carboxylic acids is 1. The van der Waals surface area contributed by atoms with Crippen molar-refractivity contribution in [1.29, 1.82) is 0 Å². The third-order valence-corrected chi connectivity index (χ3v) is 4.10. The molecule has 1 N–H and O–H groups in total. The molecule has 2 rings (SSSR count). The summed E-state index contributed by atoms with van der Waals surface area (Å²) >= 11 is 3.39. The number of carboxylic acids is 1. The molecule has 21 heavy (non-hydrogen) atoms. The molecule has 0 saturated heterocycles. The Morgan fingerprint density at radius 2 is 1.90 bits per heavy atom. The standard InChI is InChI=1S/C15H16BrNO4/c1-8-5-10(16)6-9-7-11(21-12(8)9)13(18)17(4)15(2,3)14(19)20/h5-7H,1-4H3,(H,19,20). The van der Waals surface area contributed by atoms with Crippen molar-refractivity contribution >= 4 is 38.8 Å². The van der Waals surface area contributed by atoms with E-state index < -0.39 is 17.4 Å². The Balaban J connectivity index is 2.45. The second-order valence-corrected chi connectivity index (χ2v) is 6.40. The molecule has 1 amide bonds. The second-order valence-electron chi connectivity index (χ2n) is 5.48. The number of rotatable bonds is 3. The van der Waals surface area contributed by atoms with Crippen LogP contribution in [-0.4, -0.2) is 34.5 Å². The summed E-state index contributed by atoms with van der Waals surface area (Å²) < 4.78 is 6.50. The Morgan fingerprint density at radius 3 is 2.48 bits per heavy atom. The Bertz CT molecular complexity index is 733. The summed E-state index contributed by atoms with van der Waals surface area (Å²) in [5.41, 5.74) is 0.216. The number of halogens is 1. The average molecular weight is 354 g/mol. The molecule has 0 aliphatic carbocycles. The van der Waals surface area contributed by atoms with E-state index in [4.69, 9.17) is 4.42 Å². The molecule has 0 aliphatic rings. The van der Waals surface area contributed by atoms with Crippen LogP contribution in [0.3, 0.4) is 0 Å². The van der Waals surface area contributed by atoms with Crippen molar-refractivity contribution in [2.45, 2.75) is 26.3 Å². The van der Waals surface area contributed by atoms with Gasteiger partial charge in [0.1, 0.15) is 11.1 Å². The Kier molecular flexibility index (Phi) is 3.84. The SMILES string of the molecule is Cc1cc(Br)cc2cc(C(=O)N(C)C(C)(C)C(=O)O)oc12. The molecule has 0 radical (unpaired) electrons. The first kappa shape index (κ1) is 15.6. The van der Waals surface area contributed by atoms with Crippen LogP contribution in [0.2, 0.25) is 0 Å². The molecule has 6 heteroatoms. The number of carboxylic acid groups (broad SMARTS) is 1. The minimum absolute atomic E-state index is 0.128. The first-order valence-electron chi connectivity index (χ1n) is 6.36. The molecule has 0 fully saturated rings. The molecule has 5 nitrogen and oxygen atoms in total. The minimum atomic E-state index is -1.31. The lowest BCUT2D eigenvalue weighted by Gasteiger charge is -2.30. The van der Waals surface area contributed by atoms with Crippen LogP contribution in [0, 0.1) is 6.92 Å². The number of carbonyl (C=O) groups excluding carboxylic acids is 1. The topological polar surface area (TPSA) is 70.8 Å². The molecule has 1 aromatic heterocycles. The van der Waals surface area contributed by atoms with Crippen LogP contribution in [0.1, 0.15) is 30.0 Å². The first-order valence-corrected chi connectivity index (χ1v) is 7.15. The number of amides is 1. The fraction of sp³-hybridized carbons (Fsp3) is 0.333. The quantitative estimate of drug-likeness (QED) is 0.917. The molecule has 0 aliphatic heterocycles. The van der Waals surface area contributed by atoms with Gasteiger partial charge in [-0.2, -0.15) is 0 Å². The average Bonchev–Trinajstić information content (AvgIpc) is 2.80. The number of benzene rings is 1. The highest BCUT2D eigenvalue weighted by molar-refractivity contribution is 9.10. The van der Waals surface area contributed by atoms with Gasteiger partial charge in [-0.3, -0.25) is 4.79 Å². The summed E-state index contributed by atoms with van der Waals surface area (Å²) in [4.78, 5) is 24.8. The number of likely N-dealkylation sites (N-methyl/N-ethyl adjacent to an activating group) is 1. The third-order valence-electron chi connectivity index (χ3n) is 3.64. The van der Waals surface area contributed by atoms with Crippen molar-refractivity contribution in [2.75, 3.05) is 7.05 Å². The zero-order chi connectivity index (χ0) is 15.9. The van der Waals surface area contributed by atoms with Crippen LogP contribution in [0.4, 0.5) is 0 Å². The highest BCUT2D eigenvalue weighted by atomic mass is 79.9. The van der Waals surface area contributed by atoms with Gasteiger partial charge >= 0.3 is 5.97 Å². The van der Waals surface area contributed by atoms with Gasteiger partial charge in [0.15, 0.2) is 5.76 Å². The first-order chi connectivity index (χ1) is 9.64. The molecule has 1 aromatic carbocycles. The normalized spacial score (nSPS) is 11.7. The summed E-state index contributed by atoms with van der Waals surface area (Å²) in [5.74, 6) is -1.41. The van der Waals surface area contributed by atoms with E-state index in [1.165, 1.54) is 20.9 Å². The summed E-state index contributed by atoms with van der Waals surface area (Å²) in [5, 5.41) is 9.99. The van der Waals surface area contributed by atoms with Crippen LogP contribution >= 0.6 is 15.9 Å². The molecule has 0 bridgehead atoms. The molecule has 0 atom stereocenters. The number of hydrogen-bond acceptors (Lipinski definition) is 3. The van der Waals surface area contributed by atoms with Gasteiger partial charge in [-0.25, -0.2) is 4.79 Å². The fourth-order valence-electron chi connectivity index (χ4n) is 1.95. The molecular weight excluding hydrogens is 338 g/mol. The van der Waals surface area contributed by atoms with Crippen molar-refractivity contribution in [3.8, 4) is 0 Å². The van der Waals surface area contributed by atoms with Gasteiger partial charge in [-0.15, -0.1) is 0 Å². The predicted molar refractivity (Wildman–Crippen MR) is 82.5 cm³/mol. The van der Waals surface area contributed by atoms with Crippen molar-refractivity contribution in [2.24, 2.45) is 0 Å². The van der Waals surface area contributed by atoms with E-state index in [1.807, 2.05) is 19.1 Å². The summed E-state index contributed by atoms with van der Waals surface area (Å²) in [6.07, 6.45) is 0. The number of carbonyl (C=O) groups is 2. The van der Waals surface area contributed by atoms with E-state index in [1.54, 1.807) is 6.07 Å². The van der Waals surface area contributed by atoms with Gasteiger partial charge in [-0.05, 0) is 44.5 Å². The van der Waals surface area contributed by atoms with E-state index in [-0.39, 0.29) is 5.76 Å². The van der Waals surface area contributed by atoms with Crippen LogP contribution in [-0.2, 0) is 4.79 Å². The maximum absolute atomic E-state index is 12.4. The number of aryl methyl sites for hydroxylation is 1. The summed E-state index contributed by atoms with van der Waals surface area (Å²) in [6, 6.07) is 5.37. The Hall–Kier alpha value is -1.82. The van der Waals surface area contributed by atoms with Gasteiger partial charge in [0.2, 0.25) is 0 Å². The van der Waals surface area contributed by atoms with Crippen LogP contribution in [0.15, 0.2) is 27.1 Å².